The molecule has 1 atom stereocenters. The second-order valence-electron chi connectivity index (χ2n) is 6.99. The molecular formula is C22H17BrN6O2. The quantitative estimate of drug-likeness (QED) is 0.445. The first-order valence-corrected chi connectivity index (χ1v) is 10.3. The van der Waals surface area contributed by atoms with Gasteiger partial charge in [0.2, 0.25) is 11.8 Å². The first kappa shape index (κ1) is 19.3. The van der Waals surface area contributed by atoms with E-state index < -0.39 is 6.04 Å². The van der Waals surface area contributed by atoms with Crippen molar-refractivity contribution in [3.63, 3.8) is 0 Å². The van der Waals surface area contributed by atoms with Crippen LogP contribution in [0, 0.1) is 0 Å². The molecule has 2 N–H and O–H groups in total. The summed E-state index contributed by atoms with van der Waals surface area (Å²) in [7, 11) is 0. The number of pyridine rings is 1. The van der Waals surface area contributed by atoms with Crippen molar-refractivity contribution in [1.82, 2.24) is 19.7 Å². The maximum atomic E-state index is 13.3. The van der Waals surface area contributed by atoms with Crippen LogP contribution in [-0.4, -0.2) is 25.7 Å². The molecule has 3 aromatic heterocycles. The van der Waals surface area contributed by atoms with Crippen molar-refractivity contribution < 1.29 is 9.21 Å². The van der Waals surface area contributed by atoms with Crippen LogP contribution in [0.2, 0.25) is 0 Å². The van der Waals surface area contributed by atoms with E-state index in [4.69, 9.17) is 4.42 Å². The van der Waals surface area contributed by atoms with E-state index in [0.29, 0.717) is 34.5 Å². The van der Waals surface area contributed by atoms with Crippen molar-refractivity contribution >= 4 is 33.5 Å². The lowest BCUT2D eigenvalue weighted by Crippen LogP contribution is -2.31. The van der Waals surface area contributed by atoms with E-state index in [9.17, 15) is 4.79 Å². The van der Waals surface area contributed by atoms with Gasteiger partial charge >= 0.3 is 0 Å². The highest BCUT2D eigenvalue weighted by Crippen LogP contribution is 2.37. The number of rotatable bonds is 4. The third-order valence-electron chi connectivity index (χ3n) is 4.94. The predicted octanol–water partition coefficient (Wildman–Crippen LogP) is 4.62. The fraction of sp³-hybridized carbons (Fsp3) is 0.0909. The molecule has 0 bridgehead atoms. The van der Waals surface area contributed by atoms with Gasteiger partial charge < -0.3 is 15.1 Å². The summed E-state index contributed by atoms with van der Waals surface area (Å²) < 4.78 is 8.12. The number of hydrogen-bond donors (Lipinski definition) is 2. The Kier molecular flexibility index (Phi) is 4.87. The van der Waals surface area contributed by atoms with Crippen LogP contribution in [0.3, 0.4) is 0 Å². The fourth-order valence-electron chi connectivity index (χ4n) is 3.54. The van der Waals surface area contributed by atoms with E-state index in [1.165, 1.54) is 0 Å². The van der Waals surface area contributed by atoms with Gasteiger partial charge in [-0.05, 0) is 48.9 Å². The van der Waals surface area contributed by atoms with Gasteiger partial charge in [-0.15, -0.1) is 5.10 Å². The van der Waals surface area contributed by atoms with E-state index in [0.717, 1.165) is 10.0 Å². The minimum absolute atomic E-state index is 0.244. The number of furan rings is 1. The van der Waals surface area contributed by atoms with Crippen molar-refractivity contribution in [2.24, 2.45) is 0 Å². The number of amides is 1. The van der Waals surface area contributed by atoms with Crippen LogP contribution in [-0.2, 0) is 4.79 Å². The fourth-order valence-corrected chi connectivity index (χ4v) is 3.81. The molecule has 0 fully saturated rings. The molecule has 8 nitrogen and oxygen atoms in total. The number of benzene rings is 1. The normalized spacial score (nSPS) is 15.4. The summed E-state index contributed by atoms with van der Waals surface area (Å²) in [5.41, 5.74) is 2.75. The Morgan fingerprint density at radius 1 is 1.19 bits per heavy atom. The molecule has 1 aliphatic heterocycles. The summed E-state index contributed by atoms with van der Waals surface area (Å²) in [4.78, 5) is 22.0. The minimum Gasteiger partial charge on any atom is -0.461 e. The number of allylic oxidation sites excluding steroid dienone is 1. The molecule has 9 heteroatoms. The topological polar surface area (TPSA) is 97.9 Å². The van der Waals surface area contributed by atoms with Crippen molar-refractivity contribution in [2.45, 2.75) is 13.0 Å². The van der Waals surface area contributed by atoms with Crippen molar-refractivity contribution in [2.75, 3.05) is 10.6 Å². The van der Waals surface area contributed by atoms with Gasteiger partial charge in [-0.2, -0.15) is 4.98 Å². The summed E-state index contributed by atoms with van der Waals surface area (Å²) >= 11 is 3.47. The smallest absolute Gasteiger partial charge is 0.255 e. The number of hydrogen-bond acceptors (Lipinski definition) is 6. The highest BCUT2D eigenvalue weighted by molar-refractivity contribution is 9.10. The zero-order valence-corrected chi connectivity index (χ0v) is 18.0. The first-order valence-electron chi connectivity index (χ1n) is 9.55. The molecule has 31 heavy (non-hydrogen) atoms. The lowest BCUT2D eigenvalue weighted by Gasteiger charge is -2.28. The third-order valence-corrected chi connectivity index (χ3v) is 5.47. The second-order valence-corrected chi connectivity index (χ2v) is 7.91. The number of anilines is 2. The van der Waals surface area contributed by atoms with Gasteiger partial charge in [0.25, 0.3) is 5.91 Å². The largest absolute Gasteiger partial charge is 0.461 e. The van der Waals surface area contributed by atoms with Gasteiger partial charge in [0.15, 0.2) is 5.76 Å². The summed E-state index contributed by atoms with van der Waals surface area (Å²) in [6, 6.07) is 14.5. The molecule has 154 valence electrons. The van der Waals surface area contributed by atoms with Crippen molar-refractivity contribution in [3.05, 3.63) is 88.5 Å². The third kappa shape index (κ3) is 3.64. The molecular weight excluding hydrogens is 460 g/mol. The summed E-state index contributed by atoms with van der Waals surface area (Å²) in [5, 5.41) is 10.8. The average molecular weight is 477 g/mol. The van der Waals surface area contributed by atoms with Gasteiger partial charge in [-0.3, -0.25) is 9.78 Å². The van der Waals surface area contributed by atoms with Crippen LogP contribution < -0.4 is 10.6 Å². The number of halogens is 1. The van der Waals surface area contributed by atoms with Gasteiger partial charge in [-0.1, -0.05) is 28.1 Å². The van der Waals surface area contributed by atoms with Crippen LogP contribution in [0.5, 0.6) is 0 Å². The van der Waals surface area contributed by atoms with Gasteiger partial charge in [0.1, 0.15) is 6.04 Å². The zero-order chi connectivity index (χ0) is 21.4. The maximum absolute atomic E-state index is 13.3. The number of carbonyl (C=O) groups is 1. The monoisotopic (exact) mass is 476 g/mol. The minimum atomic E-state index is -0.475. The lowest BCUT2D eigenvalue weighted by molar-refractivity contribution is -0.113. The van der Waals surface area contributed by atoms with Gasteiger partial charge in [-0.25, -0.2) is 4.68 Å². The van der Waals surface area contributed by atoms with Crippen molar-refractivity contribution in [1.29, 1.82) is 0 Å². The molecule has 0 saturated heterocycles. The van der Waals surface area contributed by atoms with Crippen LogP contribution in [0.4, 0.5) is 11.6 Å². The molecule has 1 aromatic carbocycles. The molecule has 4 aromatic rings. The van der Waals surface area contributed by atoms with Crippen molar-refractivity contribution in [3.8, 4) is 11.6 Å². The highest BCUT2D eigenvalue weighted by Gasteiger charge is 2.34. The Morgan fingerprint density at radius 2 is 2.03 bits per heavy atom. The molecule has 0 spiro atoms. The Bertz CT molecular complexity index is 1260. The number of fused-ring (bicyclic) bond motifs is 1. The Balaban J connectivity index is 1.60. The molecule has 0 radical (unpaired) electrons. The SMILES string of the molecule is CC1=C(C(=O)Nc2cccnc2)C(c2ccc(Br)cc2)n2nc(-c3ccco3)nc2N1. The van der Waals surface area contributed by atoms with Crippen LogP contribution in [0.25, 0.3) is 11.6 Å². The Hall–Kier alpha value is -3.72. The standard InChI is InChI=1S/C22H17BrN6O2/c1-13-18(21(30)26-16-4-2-10-24-12-16)19(14-6-8-15(23)9-7-14)29-22(25-13)27-20(28-29)17-5-3-11-31-17/h2-12,19H,1H3,(H,26,30)(H,25,27,28). The summed E-state index contributed by atoms with van der Waals surface area (Å²) in [6.45, 7) is 1.86. The number of carbonyl (C=O) groups excluding carboxylic acids is 1. The van der Waals surface area contributed by atoms with Crippen LogP contribution >= 0.6 is 15.9 Å². The van der Waals surface area contributed by atoms with E-state index in [1.54, 1.807) is 47.6 Å². The number of aromatic nitrogens is 4. The second kappa shape index (κ2) is 7.84. The van der Waals surface area contributed by atoms with Gasteiger partial charge in [0, 0.05) is 16.4 Å². The summed E-state index contributed by atoms with van der Waals surface area (Å²) in [5.74, 6) is 1.29. The molecule has 0 saturated carbocycles. The first-order chi connectivity index (χ1) is 15.1. The average Bonchev–Trinajstić information content (AvgIpc) is 3.44. The number of nitrogens with one attached hydrogen (secondary N) is 2. The molecule has 1 aliphatic rings. The van der Waals surface area contributed by atoms with Crippen LogP contribution in [0.1, 0.15) is 18.5 Å². The zero-order valence-electron chi connectivity index (χ0n) is 16.4. The van der Waals surface area contributed by atoms with E-state index in [-0.39, 0.29) is 5.91 Å². The molecule has 1 amide bonds. The number of nitrogens with zero attached hydrogens (tertiary/aromatic N) is 4. The predicted molar refractivity (Wildman–Crippen MR) is 119 cm³/mol. The molecule has 5 rings (SSSR count). The van der Waals surface area contributed by atoms with E-state index in [1.807, 2.05) is 31.2 Å². The molecule has 4 heterocycles. The van der Waals surface area contributed by atoms with E-state index in [2.05, 4.69) is 41.6 Å². The summed E-state index contributed by atoms with van der Waals surface area (Å²) in [6.07, 6.45) is 4.84. The molecule has 0 aliphatic carbocycles. The maximum Gasteiger partial charge on any atom is 0.255 e. The molecule has 1 unspecified atom stereocenters. The Labute approximate surface area is 186 Å². The van der Waals surface area contributed by atoms with Gasteiger partial charge in [0.05, 0.1) is 23.7 Å². The van der Waals surface area contributed by atoms with Crippen LogP contribution in [0.15, 0.2) is 87.3 Å². The van der Waals surface area contributed by atoms with E-state index >= 15 is 0 Å². The Morgan fingerprint density at radius 3 is 2.74 bits per heavy atom. The lowest BCUT2D eigenvalue weighted by atomic mass is 9.95. The highest BCUT2D eigenvalue weighted by atomic mass is 79.9.